The number of hydrogen-bond donors (Lipinski definition) is 0. The van der Waals surface area contributed by atoms with Crippen molar-refractivity contribution < 1.29 is 83.4 Å². The molecule has 0 N–H and O–H groups in total. The fourth-order valence-corrected chi connectivity index (χ4v) is 5.73. The maximum absolute atomic E-state index is 12.8. The van der Waals surface area contributed by atoms with Crippen molar-refractivity contribution in [3.63, 3.8) is 0 Å². The van der Waals surface area contributed by atoms with Gasteiger partial charge < -0.3 is 14.0 Å². The summed E-state index contributed by atoms with van der Waals surface area (Å²) in [5.74, 6) is -1.64. The molecule has 1 aromatic rings. The summed E-state index contributed by atoms with van der Waals surface area (Å²) in [5.41, 5.74) is -0.418. The summed E-state index contributed by atoms with van der Waals surface area (Å²) in [7, 11) is -4.82. The van der Waals surface area contributed by atoms with E-state index in [9.17, 15) is 22.6 Å². The summed E-state index contributed by atoms with van der Waals surface area (Å²) in [6.45, 7) is 4.65. The first-order valence-corrected chi connectivity index (χ1v) is 19.5. The summed E-state index contributed by atoms with van der Waals surface area (Å²) in [6, 6.07) is 3.04. The van der Waals surface area contributed by atoms with E-state index in [1.165, 1.54) is 103 Å². The predicted octanol–water partition coefficient (Wildman–Crippen LogP) is 7.64. The van der Waals surface area contributed by atoms with E-state index in [0.717, 1.165) is 43.9 Å². The Bertz CT molecular complexity index is 1120. The fraction of sp³-hybridized carbons (Fsp3) is 0.684. The maximum atomic E-state index is 12.8. The average Bonchev–Trinajstić information content (AvgIpc) is 3.04. The Labute approximate surface area is 329 Å². The van der Waals surface area contributed by atoms with Crippen LogP contribution in [0.3, 0.4) is 0 Å². The number of benzene rings is 1. The van der Waals surface area contributed by atoms with Crippen molar-refractivity contribution in [3.05, 3.63) is 53.6 Å². The second-order valence-corrected chi connectivity index (χ2v) is 13.6. The summed E-state index contributed by atoms with van der Waals surface area (Å²) >= 11 is 0. The van der Waals surface area contributed by atoms with Crippen molar-refractivity contribution in [2.24, 2.45) is 0 Å². The minimum absolute atomic E-state index is 0. The zero-order valence-electron chi connectivity index (χ0n) is 29.8. The van der Waals surface area contributed by atoms with Crippen molar-refractivity contribution >= 4 is 22.1 Å². The van der Waals surface area contributed by atoms with Gasteiger partial charge in [-0.25, -0.2) is 18.0 Å². The number of unbranched alkanes of at least 4 members (excludes halogenated alkanes) is 18. The molecule has 0 saturated heterocycles. The van der Waals surface area contributed by atoms with Gasteiger partial charge in [0, 0.05) is 0 Å². The number of carbonyl (C=O) groups excluding carboxylic acids is 2. The van der Waals surface area contributed by atoms with E-state index in [1.54, 1.807) is 0 Å². The molecule has 0 aliphatic heterocycles. The standard InChI is InChI=1S/C38H62O7S.K/c1-3-5-7-9-11-13-15-17-19-21-23-25-27-31-44-37(39)35-30-29-34(46(41,42)43)33-36(35)38(40)45-32-28-26-24-22-20-18-16-14-12-10-8-6-4-2;/h23-26,29-30,33H,3-22,27-28,31-32H2,1-2H3,(H,41,42,43);/q;+1/p-1/b25-23+,26-24+;. The molecule has 9 heteroatoms. The van der Waals surface area contributed by atoms with Gasteiger partial charge in [-0.05, 0) is 56.7 Å². The summed E-state index contributed by atoms with van der Waals surface area (Å²) in [4.78, 5) is 25.0. The molecular formula is C38H61KO7S. The van der Waals surface area contributed by atoms with Crippen LogP contribution in [0.1, 0.15) is 176 Å². The zero-order chi connectivity index (χ0) is 33.7. The minimum Gasteiger partial charge on any atom is -0.744 e. The molecule has 1 rings (SSSR count). The van der Waals surface area contributed by atoms with Gasteiger partial charge in [0.15, 0.2) is 0 Å². The van der Waals surface area contributed by atoms with Crippen LogP contribution in [0.2, 0.25) is 0 Å². The van der Waals surface area contributed by atoms with Gasteiger partial charge in [-0.15, -0.1) is 0 Å². The molecule has 0 amide bonds. The van der Waals surface area contributed by atoms with Crippen molar-refractivity contribution in [1.82, 2.24) is 0 Å². The second kappa shape index (κ2) is 31.2. The summed E-state index contributed by atoms with van der Waals surface area (Å²) < 4.78 is 45.3. The SMILES string of the molecule is CCCCCCCCCCC/C=C/CCOC(=O)c1ccc(S(=O)(=O)[O-])cc1C(=O)OCC/C=C/CCCCCCCCCCC.[K+]. The number of ether oxygens (including phenoxy) is 2. The van der Waals surface area contributed by atoms with Crippen LogP contribution in [0, 0.1) is 0 Å². The Morgan fingerprint density at radius 3 is 1.34 bits per heavy atom. The molecule has 0 radical (unpaired) electrons. The molecule has 0 heterocycles. The van der Waals surface area contributed by atoms with Gasteiger partial charge in [0.05, 0.1) is 29.2 Å². The first kappa shape index (κ1) is 46.2. The van der Waals surface area contributed by atoms with E-state index in [-0.39, 0.29) is 75.7 Å². The first-order valence-electron chi connectivity index (χ1n) is 18.0. The molecule has 0 unspecified atom stereocenters. The molecule has 0 fully saturated rings. The third-order valence-corrected chi connectivity index (χ3v) is 8.87. The van der Waals surface area contributed by atoms with E-state index in [2.05, 4.69) is 26.0 Å². The zero-order valence-corrected chi connectivity index (χ0v) is 33.7. The normalized spacial score (nSPS) is 11.6. The number of allylic oxidation sites excluding steroid dienone is 2. The van der Waals surface area contributed by atoms with Gasteiger partial charge in [-0.1, -0.05) is 141 Å². The van der Waals surface area contributed by atoms with Crippen molar-refractivity contribution in [3.8, 4) is 0 Å². The van der Waals surface area contributed by atoms with Crippen LogP contribution in [-0.2, 0) is 19.6 Å². The van der Waals surface area contributed by atoms with Crippen LogP contribution in [0.15, 0.2) is 47.4 Å². The van der Waals surface area contributed by atoms with Crippen molar-refractivity contribution in [2.45, 2.75) is 160 Å². The van der Waals surface area contributed by atoms with Gasteiger partial charge in [0.25, 0.3) is 0 Å². The molecule has 0 saturated carbocycles. The van der Waals surface area contributed by atoms with Gasteiger partial charge in [0.2, 0.25) is 0 Å². The molecule has 0 aliphatic rings. The van der Waals surface area contributed by atoms with Crippen molar-refractivity contribution in [2.75, 3.05) is 13.2 Å². The Morgan fingerprint density at radius 2 is 0.936 bits per heavy atom. The topological polar surface area (TPSA) is 110 Å². The molecular weight excluding hydrogens is 640 g/mol. The number of esters is 2. The average molecular weight is 701 g/mol. The summed E-state index contributed by atoms with van der Waals surface area (Å²) in [5, 5.41) is 0. The van der Waals surface area contributed by atoms with E-state index >= 15 is 0 Å². The Hall–Kier alpha value is -0.814. The number of hydrogen-bond acceptors (Lipinski definition) is 7. The molecule has 0 bridgehead atoms. The Balaban J connectivity index is 0.0000212. The predicted molar refractivity (Wildman–Crippen MR) is 186 cm³/mol. The molecule has 0 atom stereocenters. The molecule has 262 valence electrons. The molecule has 0 aromatic heterocycles. The van der Waals surface area contributed by atoms with Crippen molar-refractivity contribution in [1.29, 1.82) is 0 Å². The fourth-order valence-electron chi connectivity index (χ4n) is 5.24. The number of carbonyl (C=O) groups is 2. The largest absolute Gasteiger partial charge is 1.00 e. The quantitative estimate of drug-likeness (QED) is 0.0278. The molecule has 0 spiro atoms. The van der Waals surface area contributed by atoms with Gasteiger partial charge in [-0.2, -0.15) is 0 Å². The summed E-state index contributed by atoms with van der Waals surface area (Å²) in [6.07, 6.45) is 34.1. The minimum atomic E-state index is -4.82. The van der Waals surface area contributed by atoms with Crippen LogP contribution < -0.4 is 51.4 Å². The van der Waals surface area contributed by atoms with E-state index in [1.807, 2.05) is 12.2 Å². The van der Waals surface area contributed by atoms with Crippen LogP contribution >= 0.6 is 0 Å². The van der Waals surface area contributed by atoms with E-state index in [4.69, 9.17) is 9.47 Å². The van der Waals surface area contributed by atoms with Gasteiger partial charge >= 0.3 is 63.3 Å². The molecule has 47 heavy (non-hydrogen) atoms. The molecule has 0 aliphatic carbocycles. The Kier molecular flexibility index (Phi) is 30.6. The first-order chi connectivity index (χ1) is 22.3. The van der Waals surface area contributed by atoms with Gasteiger partial charge in [-0.3, -0.25) is 0 Å². The third-order valence-electron chi connectivity index (χ3n) is 8.04. The van der Waals surface area contributed by atoms with Crippen LogP contribution in [-0.4, -0.2) is 38.1 Å². The van der Waals surface area contributed by atoms with E-state index < -0.39 is 27.0 Å². The van der Waals surface area contributed by atoms with Crippen LogP contribution in [0.5, 0.6) is 0 Å². The van der Waals surface area contributed by atoms with Gasteiger partial charge in [0.1, 0.15) is 10.1 Å². The maximum Gasteiger partial charge on any atom is 1.00 e. The smallest absolute Gasteiger partial charge is 0.744 e. The monoisotopic (exact) mass is 700 g/mol. The molecule has 7 nitrogen and oxygen atoms in total. The molecule has 1 aromatic carbocycles. The number of rotatable bonds is 29. The van der Waals surface area contributed by atoms with Crippen LogP contribution in [0.4, 0.5) is 0 Å². The third kappa shape index (κ3) is 24.9. The van der Waals surface area contributed by atoms with E-state index in [0.29, 0.717) is 12.8 Å². The Morgan fingerprint density at radius 1 is 0.574 bits per heavy atom. The van der Waals surface area contributed by atoms with Crippen LogP contribution in [0.25, 0.3) is 0 Å². The second-order valence-electron chi connectivity index (χ2n) is 12.2.